The number of benzene rings is 1. The van der Waals surface area contributed by atoms with E-state index in [4.69, 9.17) is 24.4 Å². The molecule has 3 rings (SSSR count). The fourth-order valence-corrected chi connectivity index (χ4v) is 4.71. The van der Waals surface area contributed by atoms with Gasteiger partial charge in [0.1, 0.15) is 8.64 Å². The minimum Gasteiger partial charge on any atom is -0.293 e. The summed E-state index contributed by atoms with van der Waals surface area (Å²) in [4.78, 5) is 28.5. The van der Waals surface area contributed by atoms with Crippen LogP contribution in [0.2, 0.25) is 0 Å². The van der Waals surface area contributed by atoms with Gasteiger partial charge >= 0.3 is 0 Å². The molecule has 114 valence electrons. The second-order valence-electron chi connectivity index (χ2n) is 4.69. The van der Waals surface area contributed by atoms with Gasteiger partial charge in [-0.1, -0.05) is 60.1 Å². The fourth-order valence-electron chi connectivity index (χ4n) is 2.30. The maximum atomic E-state index is 12.7. The highest BCUT2D eigenvalue weighted by Gasteiger charge is 2.31. The zero-order valence-electron chi connectivity index (χ0n) is 11.5. The van der Waals surface area contributed by atoms with E-state index < -0.39 is 0 Å². The van der Waals surface area contributed by atoms with E-state index in [9.17, 15) is 9.59 Å². The van der Waals surface area contributed by atoms with Gasteiger partial charge in [0.15, 0.2) is 0 Å². The summed E-state index contributed by atoms with van der Waals surface area (Å²) in [6, 6.07) is 6.86. The number of rotatable bonds is 2. The zero-order valence-corrected chi connectivity index (χ0v) is 14.7. The smallest absolute Gasteiger partial charge is 0.260 e. The van der Waals surface area contributed by atoms with E-state index in [0.29, 0.717) is 32.9 Å². The van der Waals surface area contributed by atoms with Gasteiger partial charge in [0.05, 0.1) is 11.1 Å². The monoisotopic (exact) mass is 368 g/mol. The molecule has 0 aliphatic carbocycles. The lowest BCUT2D eigenvalue weighted by Gasteiger charge is -2.19. The molecule has 8 heteroatoms. The Morgan fingerprint density at radius 3 is 1.59 bits per heavy atom. The minimum absolute atomic E-state index is 0.211. The third-order valence-electron chi connectivity index (χ3n) is 3.40. The van der Waals surface area contributed by atoms with Gasteiger partial charge in [-0.05, 0) is 12.1 Å². The molecule has 0 radical (unpaired) electrons. The highest BCUT2D eigenvalue weighted by atomic mass is 32.2. The third kappa shape index (κ3) is 2.92. The lowest BCUT2D eigenvalue weighted by molar-refractivity contribution is 0.0824. The quantitative estimate of drug-likeness (QED) is 0.748. The molecule has 0 spiro atoms. The molecule has 2 heterocycles. The predicted octanol–water partition coefficient (Wildman–Crippen LogP) is 2.63. The molecule has 0 bridgehead atoms. The molecule has 2 fully saturated rings. The van der Waals surface area contributed by atoms with Crippen LogP contribution in [-0.4, -0.2) is 54.9 Å². The molecule has 0 atom stereocenters. The Hall–Kier alpha value is -0.960. The van der Waals surface area contributed by atoms with E-state index in [0.717, 1.165) is 11.5 Å². The molecule has 0 N–H and O–H groups in total. The van der Waals surface area contributed by atoms with E-state index >= 15 is 0 Å². The number of thioether (sulfide) groups is 2. The average molecular weight is 369 g/mol. The minimum atomic E-state index is -0.211. The van der Waals surface area contributed by atoms with Crippen molar-refractivity contribution < 1.29 is 9.59 Å². The van der Waals surface area contributed by atoms with Crippen LogP contribution in [0.1, 0.15) is 20.7 Å². The molecular formula is C14H12N2O2S4. The van der Waals surface area contributed by atoms with Crippen LogP contribution in [0.15, 0.2) is 24.3 Å². The Morgan fingerprint density at radius 2 is 1.27 bits per heavy atom. The first-order valence-electron chi connectivity index (χ1n) is 6.66. The molecule has 0 saturated carbocycles. The fraction of sp³-hybridized carbons (Fsp3) is 0.286. The molecule has 2 aliphatic heterocycles. The average Bonchev–Trinajstić information content (AvgIpc) is 3.14. The van der Waals surface area contributed by atoms with Crippen LogP contribution < -0.4 is 0 Å². The van der Waals surface area contributed by atoms with Crippen molar-refractivity contribution in [3.8, 4) is 0 Å². The van der Waals surface area contributed by atoms with Crippen molar-refractivity contribution >= 4 is 68.4 Å². The first kappa shape index (κ1) is 15.9. The number of carbonyl (C=O) groups is 2. The Kier molecular flexibility index (Phi) is 4.82. The first-order valence-corrected chi connectivity index (χ1v) is 9.44. The number of hydrogen-bond donors (Lipinski definition) is 0. The number of thiocarbonyl (C=S) groups is 2. The Labute approximate surface area is 147 Å². The summed E-state index contributed by atoms with van der Waals surface area (Å²) in [7, 11) is 0. The van der Waals surface area contributed by atoms with E-state index in [1.807, 2.05) is 0 Å². The topological polar surface area (TPSA) is 40.6 Å². The van der Waals surface area contributed by atoms with Gasteiger partial charge in [0.25, 0.3) is 11.8 Å². The molecule has 0 unspecified atom stereocenters. The van der Waals surface area contributed by atoms with Crippen molar-refractivity contribution in [3.05, 3.63) is 35.4 Å². The SMILES string of the molecule is O=C(c1ccccc1C(=O)N1CCSC1=S)N1CCSC1=S. The van der Waals surface area contributed by atoms with Gasteiger partial charge in [-0.2, -0.15) is 0 Å². The van der Waals surface area contributed by atoms with Crippen molar-refractivity contribution in [2.24, 2.45) is 0 Å². The number of amides is 2. The molecule has 1 aromatic rings. The summed E-state index contributed by atoms with van der Waals surface area (Å²) >= 11 is 13.4. The second kappa shape index (κ2) is 6.66. The molecule has 0 aromatic heterocycles. The van der Waals surface area contributed by atoms with Gasteiger partial charge in [0, 0.05) is 24.6 Å². The summed E-state index contributed by atoms with van der Waals surface area (Å²) in [5, 5.41) is 0. The predicted molar refractivity (Wildman–Crippen MR) is 98.6 cm³/mol. The van der Waals surface area contributed by atoms with Crippen LogP contribution in [-0.2, 0) is 0 Å². The summed E-state index contributed by atoms with van der Waals surface area (Å²) in [5.41, 5.74) is 0.772. The maximum absolute atomic E-state index is 12.7. The van der Waals surface area contributed by atoms with Crippen molar-refractivity contribution in [1.82, 2.24) is 9.80 Å². The molecule has 2 amide bonds. The molecular weight excluding hydrogens is 356 g/mol. The van der Waals surface area contributed by atoms with Crippen molar-refractivity contribution in [2.75, 3.05) is 24.6 Å². The third-order valence-corrected chi connectivity index (χ3v) is 6.26. The van der Waals surface area contributed by atoms with E-state index in [-0.39, 0.29) is 11.8 Å². The van der Waals surface area contributed by atoms with Crippen LogP contribution >= 0.6 is 48.0 Å². The Morgan fingerprint density at radius 1 is 0.864 bits per heavy atom. The van der Waals surface area contributed by atoms with E-state index in [1.165, 1.54) is 23.5 Å². The summed E-state index contributed by atoms with van der Waals surface area (Å²) in [5.74, 6) is 1.18. The summed E-state index contributed by atoms with van der Waals surface area (Å²) in [6.45, 7) is 1.17. The van der Waals surface area contributed by atoms with Gasteiger partial charge in [0.2, 0.25) is 0 Å². The highest BCUT2D eigenvalue weighted by Crippen LogP contribution is 2.25. The lowest BCUT2D eigenvalue weighted by atomic mass is 10.1. The molecule has 1 aromatic carbocycles. The van der Waals surface area contributed by atoms with Gasteiger partial charge < -0.3 is 0 Å². The zero-order chi connectivity index (χ0) is 15.7. The molecule has 2 aliphatic rings. The van der Waals surface area contributed by atoms with Crippen LogP contribution in [0, 0.1) is 0 Å². The number of nitrogens with zero attached hydrogens (tertiary/aromatic N) is 2. The molecule has 4 nitrogen and oxygen atoms in total. The van der Waals surface area contributed by atoms with Crippen LogP contribution in [0.5, 0.6) is 0 Å². The van der Waals surface area contributed by atoms with Crippen molar-refractivity contribution in [2.45, 2.75) is 0 Å². The Bertz CT molecular complexity index is 620. The summed E-state index contributed by atoms with van der Waals surface area (Å²) in [6.07, 6.45) is 0. The molecule has 22 heavy (non-hydrogen) atoms. The van der Waals surface area contributed by atoms with Crippen LogP contribution in [0.4, 0.5) is 0 Å². The number of carbonyl (C=O) groups excluding carboxylic acids is 2. The normalized spacial score (nSPS) is 18.2. The van der Waals surface area contributed by atoms with Crippen LogP contribution in [0.25, 0.3) is 0 Å². The largest absolute Gasteiger partial charge is 0.293 e. The standard InChI is InChI=1S/C14H12N2O2S4/c17-11(15-5-7-21-13(15)19)9-3-1-2-4-10(9)12(18)16-6-8-22-14(16)20/h1-4H,5-8H2. The van der Waals surface area contributed by atoms with Crippen molar-refractivity contribution in [1.29, 1.82) is 0 Å². The highest BCUT2D eigenvalue weighted by molar-refractivity contribution is 8.23. The van der Waals surface area contributed by atoms with Crippen molar-refractivity contribution in [3.63, 3.8) is 0 Å². The van der Waals surface area contributed by atoms with E-state index in [1.54, 1.807) is 34.1 Å². The second-order valence-corrected chi connectivity index (χ2v) is 8.15. The van der Waals surface area contributed by atoms with Gasteiger partial charge in [-0.3, -0.25) is 19.4 Å². The summed E-state index contributed by atoms with van der Waals surface area (Å²) < 4.78 is 1.14. The Balaban J connectivity index is 1.93. The lowest BCUT2D eigenvalue weighted by Crippen LogP contribution is -2.35. The van der Waals surface area contributed by atoms with E-state index in [2.05, 4.69) is 0 Å². The molecule has 2 saturated heterocycles. The van der Waals surface area contributed by atoms with Gasteiger partial charge in [-0.15, -0.1) is 0 Å². The first-order chi connectivity index (χ1) is 10.6. The number of hydrogen-bond acceptors (Lipinski definition) is 6. The maximum Gasteiger partial charge on any atom is 0.260 e. The van der Waals surface area contributed by atoms with Gasteiger partial charge in [-0.25, -0.2) is 0 Å². The van der Waals surface area contributed by atoms with Crippen LogP contribution in [0.3, 0.4) is 0 Å².